The van der Waals surface area contributed by atoms with Crippen LogP contribution in [0.4, 0.5) is 0 Å². The highest BCUT2D eigenvalue weighted by Crippen LogP contribution is 2.12. The maximum absolute atomic E-state index is 11.8. The third-order valence-electron chi connectivity index (χ3n) is 3.74. The molecule has 1 fully saturated rings. The van der Waals surface area contributed by atoms with Crippen LogP contribution in [0.15, 0.2) is 30.3 Å². The van der Waals surface area contributed by atoms with Gasteiger partial charge >= 0.3 is 0 Å². The first kappa shape index (κ1) is 16.1. The van der Waals surface area contributed by atoms with E-state index in [0.717, 1.165) is 37.9 Å². The molecule has 2 amide bonds. The van der Waals surface area contributed by atoms with Crippen LogP contribution in [0, 0.1) is 11.8 Å². The van der Waals surface area contributed by atoms with Crippen LogP contribution in [0.2, 0.25) is 0 Å². The minimum Gasteiger partial charge on any atom is -0.343 e. The Labute approximate surface area is 131 Å². The molecule has 1 aromatic carbocycles. The number of likely N-dealkylation sites (tertiary alicyclic amines) is 1. The van der Waals surface area contributed by atoms with Crippen molar-refractivity contribution in [3.05, 3.63) is 35.9 Å². The maximum atomic E-state index is 11.8. The number of rotatable bonds is 3. The van der Waals surface area contributed by atoms with E-state index in [1.54, 1.807) is 0 Å². The Hall–Kier alpha value is -2.28. The number of carbonyl (C=O) groups excluding carboxylic acids is 2. The average Bonchev–Trinajstić information content (AvgIpc) is 2.55. The SMILES string of the molecule is CCCC(=O)N1CCC(NC(=O)C#Cc2ccccc2)CC1. The molecule has 0 aliphatic carbocycles. The summed E-state index contributed by atoms with van der Waals surface area (Å²) in [5.74, 6) is 5.44. The average molecular weight is 298 g/mol. The van der Waals surface area contributed by atoms with E-state index in [9.17, 15) is 9.59 Å². The van der Waals surface area contributed by atoms with E-state index >= 15 is 0 Å². The number of nitrogens with zero attached hydrogens (tertiary/aromatic N) is 1. The molecule has 0 radical (unpaired) electrons. The van der Waals surface area contributed by atoms with Gasteiger partial charge in [-0.05, 0) is 31.4 Å². The minimum atomic E-state index is -0.248. The summed E-state index contributed by atoms with van der Waals surface area (Å²) in [6.45, 7) is 3.45. The quantitative estimate of drug-likeness (QED) is 0.867. The first-order valence-electron chi connectivity index (χ1n) is 7.84. The van der Waals surface area contributed by atoms with Crippen molar-refractivity contribution < 1.29 is 9.59 Å². The van der Waals surface area contributed by atoms with Crippen molar-refractivity contribution in [2.24, 2.45) is 0 Å². The van der Waals surface area contributed by atoms with Crippen LogP contribution in [0.1, 0.15) is 38.2 Å². The summed E-state index contributed by atoms with van der Waals surface area (Å²) in [7, 11) is 0. The monoisotopic (exact) mass is 298 g/mol. The smallest absolute Gasteiger partial charge is 0.296 e. The third kappa shape index (κ3) is 4.92. The van der Waals surface area contributed by atoms with E-state index in [-0.39, 0.29) is 17.9 Å². The largest absolute Gasteiger partial charge is 0.343 e. The second kappa shape index (κ2) is 8.23. The predicted molar refractivity (Wildman–Crippen MR) is 86.0 cm³/mol. The van der Waals surface area contributed by atoms with Crippen molar-refractivity contribution >= 4 is 11.8 Å². The zero-order chi connectivity index (χ0) is 15.8. The molecule has 0 saturated carbocycles. The summed E-state index contributed by atoms with van der Waals surface area (Å²) in [5.41, 5.74) is 0.831. The maximum Gasteiger partial charge on any atom is 0.296 e. The first-order chi connectivity index (χ1) is 10.7. The van der Waals surface area contributed by atoms with Crippen LogP contribution < -0.4 is 5.32 Å². The summed E-state index contributed by atoms with van der Waals surface area (Å²) < 4.78 is 0. The molecule has 0 spiro atoms. The van der Waals surface area contributed by atoms with Gasteiger partial charge in [0, 0.05) is 37.0 Å². The predicted octanol–water partition coefficient (Wildman–Crippen LogP) is 1.95. The number of benzene rings is 1. The molecule has 0 atom stereocenters. The molecule has 1 aromatic rings. The summed E-state index contributed by atoms with van der Waals surface area (Å²) in [4.78, 5) is 25.5. The van der Waals surface area contributed by atoms with E-state index in [1.807, 2.05) is 42.2 Å². The number of carbonyl (C=O) groups is 2. The molecule has 1 saturated heterocycles. The second-order valence-electron chi connectivity index (χ2n) is 5.49. The summed E-state index contributed by atoms with van der Waals surface area (Å²) in [6, 6.07) is 9.56. The van der Waals surface area contributed by atoms with Crippen LogP contribution >= 0.6 is 0 Å². The van der Waals surface area contributed by atoms with Gasteiger partial charge in [0.2, 0.25) is 5.91 Å². The van der Waals surface area contributed by atoms with Crippen molar-refractivity contribution in [2.45, 2.75) is 38.6 Å². The molecule has 0 unspecified atom stereocenters. The standard InChI is InChI=1S/C18H22N2O2/c1-2-6-18(22)20-13-11-16(12-14-20)19-17(21)10-9-15-7-4-3-5-8-15/h3-5,7-8,16H,2,6,11-14H2,1H3,(H,19,21). The Morgan fingerprint density at radius 1 is 1.23 bits per heavy atom. The highest BCUT2D eigenvalue weighted by atomic mass is 16.2. The fourth-order valence-corrected chi connectivity index (χ4v) is 2.52. The summed E-state index contributed by atoms with van der Waals surface area (Å²) in [5, 5.41) is 2.93. The van der Waals surface area contributed by atoms with Crippen LogP contribution in [-0.4, -0.2) is 35.8 Å². The van der Waals surface area contributed by atoms with Gasteiger partial charge in [0.25, 0.3) is 5.91 Å². The van der Waals surface area contributed by atoms with Gasteiger partial charge in [-0.1, -0.05) is 31.0 Å². The van der Waals surface area contributed by atoms with Crippen LogP contribution in [0.5, 0.6) is 0 Å². The first-order valence-corrected chi connectivity index (χ1v) is 7.84. The van der Waals surface area contributed by atoms with Crippen molar-refractivity contribution in [1.29, 1.82) is 0 Å². The molecule has 116 valence electrons. The van der Waals surface area contributed by atoms with Crippen molar-refractivity contribution in [2.75, 3.05) is 13.1 Å². The van der Waals surface area contributed by atoms with E-state index in [2.05, 4.69) is 17.2 Å². The van der Waals surface area contributed by atoms with E-state index in [1.165, 1.54) is 0 Å². The zero-order valence-corrected chi connectivity index (χ0v) is 13.0. The Bertz CT molecular complexity index is 564. The van der Waals surface area contributed by atoms with Crippen molar-refractivity contribution in [1.82, 2.24) is 10.2 Å². The molecule has 1 aliphatic heterocycles. The lowest BCUT2D eigenvalue weighted by molar-refractivity contribution is -0.132. The minimum absolute atomic E-state index is 0.114. The molecule has 1 aliphatic rings. The van der Waals surface area contributed by atoms with Gasteiger partial charge in [-0.15, -0.1) is 0 Å². The fourth-order valence-electron chi connectivity index (χ4n) is 2.52. The van der Waals surface area contributed by atoms with Gasteiger partial charge in [0.1, 0.15) is 0 Å². The lowest BCUT2D eigenvalue weighted by atomic mass is 10.0. The number of nitrogens with one attached hydrogen (secondary N) is 1. The van der Waals surface area contributed by atoms with Gasteiger partial charge in [0.05, 0.1) is 0 Å². The molecule has 1 N–H and O–H groups in total. The van der Waals surface area contributed by atoms with Gasteiger partial charge in [-0.2, -0.15) is 0 Å². The Morgan fingerprint density at radius 2 is 1.91 bits per heavy atom. The lowest BCUT2D eigenvalue weighted by Gasteiger charge is -2.32. The van der Waals surface area contributed by atoms with Crippen LogP contribution in [0.3, 0.4) is 0 Å². The zero-order valence-electron chi connectivity index (χ0n) is 13.0. The number of hydrogen-bond acceptors (Lipinski definition) is 2. The molecule has 1 heterocycles. The van der Waals surface area contributed by atoms with Gasteiger partial charge in [0.15, 0.2) is 0 Å². The van der Waals surface area contributed by atoms with Crippen LogP contribution in [0.25, 0.3) is 0 Å². The highest BCUT2D eigenvalue weighted by molar-refractivity contribution is 5.94. The van der Waals surface area contributed by atoms with Gasteiger partial charge in [-0.25, -0.2) is 0 Å². The van der Waals surface area contributed by atoms with Crippen molar-refractivity contribution in [3.63, 3.8) is 0 Å². The molecule has 4 heteroatoms. The molecule has 0 bridgehead atoms. The second-order valence-corrected chi connectivity index (χ2v) is 5.49. The Morgan fingerprint density at radius 3 is 2.55 bits per heavy atom. The Balaban J connectivity index is 1.78. The molecule has 22 heavy (non-hydrogen) atoms. The normalized spacial score (nSPS) is 14.9. The fraction of sp³-hybridized carbons (Fsp3) is 0.444. The Kier molecular flexibility index (Phi) is 6.02. The summed E-state index contributed by atoms with van der Waals surface area (Å²) in [6.07, 6.45) is 3.09. The number of piperidine rings is 1. The molecule has 0 aromatic heterocycles. The molecular weight excluding hydrogens is 276 g/mol. The third-order valence-corrected chi connectivity index (χ3v) is 3.74. The summed E-state index contributed by atoms with van der Waals surface area (Å²) >= 11 is 0. The topological polar surface area (TPSA) is 49.4 Å². The number of hydrogen-bond donors (Lipinski definition) is 1. The molecular formula is C18H22N2O2. The van der Waals surface area contributed by atoms with E-state index in [0.29, 0.717) is 6.42 Å². The van der Waals surface area contributed by atoms with Gasteiger partial charge < -0.3 is 10.2 Å². The van der Waals surface area contributed by atoms with Crippen LogP contribution in [-0.2, 0) is 9.59 Å². The lowest BCUT2D eigenvalue weighted by Crippen LogP contribution is -2.46. The number of amides is 2. The van der Waals surface area contributed by atoms with E-state index < -0.39 is 0 Å². The van der Waals surface area contributed by atoms with E-state index in [4.69, 9.17) is 0 Å². The van der Waals surface area contributed by atoms with Gasteiger partial charge in [-0.3, -0.25) is 9.59 Å². The highest BCUT2D eigenvalue weighted by Gasteiger charge is 2.22. The molecule has 2 rings (SSSR count). The van der Waals surface area contributed by atoms with Crippen molar-refractivity contribution in [3.8, 4) is 11.8 Å². The molecule has 4 nitrogen and oxygen atoms in total.